The number of methoxy groups -OCH3 is 1. The second-order valence-corrected chi connectivity index (χ2v) is 4.77. The van der Waals surface area contributed by atoms with E-state index in [-0.39, 0.29) is 24.3 Å². The topological polar surface area (TPSA) is 58.6 Å². The number of rotatable bonds is 8. The lowest BCUT2D eigenvalue weighted by atomic mass is 9.98. The second-order valence-electron chi connectivity index (χ2n) is 4.77. The van der Waals surface area contributed by atoms with Gasteiger partial charge in [0.2, 0.25) is 5.91 Å². The summed E-state index contributed by atoms with van der Waals surface area (Å²) in [4.78, 5) is 25.7. The molecule has 1 atom stereocenters. The molecule has 0 bridgehead atoms. The van der Waals surface area contributed by atoms with Gasteiger partial charge < -0.3 is 10.1 Å². The minimum atomic E-state index is -0.384. The van der Waals surface area contributed by atoms with Crippen LogP contribution in [0.1, 0.15) is 25.3 Å². The minimum absolute atomic E-state index is 0.0315. The van der Waals surface area contributed by atoms with Crippen LogP contribution in [0.2, 0.25) is 0 Å². The monoisotopic (exact) mass is 292 g/mol. The molecule has 5 nitrogen and oxygen atoms in total. The number of ether oxygens (including phenoxy) is 1. The minimum Gasteiger partial charge on any atom is -0.469 e. The maximum atomic E-state index is 12.0. The van der Waals surface area contributed by atoms with Gasteiger partial charge in [0.15, 0.2) is 0 Å². The molecule has 5 heteroatoms. The number of nitrogens with one attached hydrogen (secondary N) is 1. The van der Waals surface area contributed by atoms with Gasteiger partial charge in [0.1, 0.15) is 0 Å². The van der Waals surface area contributed by atoms with E-state index in [4.69, 9.17) is 4.74 Å². The van der Waals surface area contributed by atoms with Crippen LogP contribution in [-0.2, 0) is 14.3 Å². The highest BCUT2D eigenvalue weighted by molar-refractivity contribution is 5.79. The van der Waals surface area contributed by atoms with Crippen LogP contribution in [0.3, 0.4) is 0 Å². The van der Waals surface area contributed by atoms with Gasteiger partial charge >= 0.3 is 5.97 Å². The Balaban J connectivity index is 2.79. The standard InChI is InChI=1S/C16H24N2O3/c1-4-17-15(19)12-18(5-2)11-14(16(20)21-3)13-9-7-6-8-10-13/h6-10,14H,4-5,11-12H2,1-3H3,(H,17,19). The Bertz CT molecular complexity index is 448. The van der Waals surface area contributed by atoms with Crippen molar-refractivity contribution in [2.45, 2.75) is 19.8 Å². The molecule has 0 fully saturated rings. The number of hydrogen-bond donors (Lipinski definition) is 1. The zero-order chi connectivity index (χ0) is 15.7. The first-order valence-corrected chi connectivity index (χ1v) is 7.24. The molecule has 0 heterocycles. The number of nitrogens with zero attached hydrogens (tertiary/aromatic N) is 1. The summed E-state index contributed by atoms with van der Waals surface area (Å²) in [6.07, 6.45) is 0. The molecule has 1 aromatic carbocycles. The number of benzene rings is 1. The lowest BCUT2D eigenvalue weighted by Gasteiger charge is -2.24. The smallest absolute Gasteiger partial charge is 0.314 e. The lowest BCUT2D eigenvalue weighted by molar-refractivity contribution is -0.143. The molecule has 0 aromatic heterocycles. The normalized spacial score (nSPS) is 12.0. The zero-order valence-corrected chi connectivity index (χ0v) is 13.0. The fourth-order valence-corrected chi connectivity index (χ4v) is 2.16. The van der Waals surface area contributed by atoms with E-state index in [0.29, 0.717) is 19.6 Å². The number of esters is 1. The number of carbonyl (C=O) groups excluding carboxylic acids is 2. The van der Waals surface area contributed by atoms with Crippen molar-refractivity contribution in [3.8, 4) is 0 Å². The van der Waals surface area contributed by atoms with Gasteiger partial charge in [-0.2, -0.15) is 0 Å². The fraction of sp³-hybridized carbons (Fsp3) is 0.500. The summed E-state index contributed by atoms with van der Waals surface area (Å²) < 4.78 is 4.90. The van der Waals surface area contributed by atoms with Gasteiger partial charge in [-0.3, -0.25) is 14.5 Å². The van der Waals surface area contributed by atoms with Crippen LogP contribution in [0, 0.1) is 0 Å². The van der Waals surface area contributed by atoms with Gasteiger partial charge in [0, 0.05) is 13.1 Å². The Kier molecular flexibility index (Phi) is 7.46. The lowest BCUT2D eigenvalue weighted by Crippen LogP contribution is -2.40. The molecule has 0 saturated heterocycles. The fourth-order valence-electron chi connectivity index (χ4n) is 2.16. The van der Waals surface area contributed by atoms with Gasteiger partial charge in [-0.25, -0.2) is 0 Å². The van der Waals surface area contributed by atoms with Gasteiger partial charge in [-0.15, -0.1) is 0 Å². The summed E-state index contributed by atoms with van der Waals surface area (Å²) in [5.74, 6) is -0.697. The summed E-state index contributed by atoms with van der Waals surface area (Å²) in [5.41, 5.74) is 0.902. The Hall–Kier alpha value is -1.88. The summed E-state index contributed by atoms with van der Waals surface area (Å²) in [6.45, 7) is 5.90. The largest absolute Gasteiger partial charge is 0.469 e. The van der Waals surface area contributed by atoms with Gasteiger partial charge in [-0.05, 0) is 19.0 Å². The number of likely N-dealkylation sites (N-methyl/N-ethyl adjacent to an activating group) is 2. The summed E-state index contributed by atoms with van der Waals surface area (Å²) >= 11 is 0. The van der Waals surface area contributed by atoms with Crippen LogP contribution in [0.4, 0.5) is 0 Å². The molecule has 1 aromatic rings. The number of amides is 1. The summed E-state index contributed by atoms with van der Waals surface area (Å²) in [7, 11) is 1.39. The number of hydrogen-bond acceptors (Lipinski definition) is 4. The Morgan fingerprint density at radius 3 is 2.43 bits per heavy atom. The second kappa shape index (κ2) is 9.13. The molecular weight excluding hydrogens is 268 g/mol. The van der Waals surface area contributed by atoms with Crippen molar-refractivity contribution in [2.24, 2.45) is 0 Å². The van der Waals surface area contributed by atoms with E-state index >= 15 is 0 Å². The van der Waals surface area contributed by atoms with Crippen LogP contribution < -0.4 is 5.32 Å². The van der Waals surface area contributed by atoms with Crippen LogP contribution in [0.5, 0.6) is 0 Å². The van der Waals surface area contributed by atoms with Crippen LogP contribution in [0.15, 0.2) is 30.3 Å². The first-order chi connectivity index (χ1) is 10.1. The average molecular weight is 292 g/mol. The van der Waals surface area contributed by atoms with E-state index in [2.05, 4.69) is 5.32 Å². The molecule has 1 rings (SSSR count). The van der Waals surface area contributed by atoms with Gasteiger partial charge in [0.25, 0.3) is 0 Å². The van der Waals surface area contributed by atoms with Crippen molar-refractivity contribution in [1.29, 1.82) is 0 Å². The highest BCUT2D eigenvalue weighted by Crippen LogP contribution is 2.18. The Labute approximate surface area is 126 Å². The third-order valence-electron chi connectivity index (χ3n) is 3.32. The molecule has 1 amide bonds. The van der Waals surface area contributed by atoms with Crippen molar-refractivity contribution in [3.05, 3.63) is 35.9 Å². The van der Waals surface area contributed by atoms with Crippen molar-refractivity contribution in [3.63, 3.8) is 0 Å². The third kappa shape index (κ3) is 5.55. The first kappa shape index (κ1) is 17.2. The summed E-state index contributed by atoms with van der Waals surface area (Å²) in [5, 5.41) is 2.77. The van der Waals surface area contributed by atoms with E-state index < -0.39 is 0 Å². The Morgan fingerprint density at radius 1 is 1.24 bits per heavy atom. The SMILES string of the molecule is CCNC(=O)CN(CC)CC(C(=O)OC)c1ccccc1. The zero-order valence-electron chi connectivity index (χ0n) is 13.0. The van der Waals surface area contributed by atoms with Crippen LogP contribution >= 0.6 is 0 Å². The van der Waals surface area contributed by atoms with E-state index in [1.807, 2.05) is 49.1 Å². The first-order valence-electron chi connectivity index (χ1n) is 7.24. The molecule has 0 radical (unpaired) electrons. The van der Waals surface area contributed by atoms with Crippen LogP contribution in [0.25, 0.3) is 0 Å². The predicted octanol–water partition coefficient (Wildman–Crippen LogP) is 1.40. The van der Waals surface area contributed by atoms with E-state index in [0.717, 1.165) is 5.56 Å². The van der Waals surface area contributed by atoms with E-state index in [9.17, 15) is 9.59 Å². The van der Waals surface area contributed by atoms with E-state index in [1.165, 1.54) is 7.11 Å². The van der Waals surface area contributed by atoms with Gasteiger partial charge in [-0.1, -0.05) is 37.3 Å². The van der Waals surface area contributed by atoms with Crippen LogP contribution in [-0.4, -0.2) is 50.1 Å². The number of carbonyl (C=O) groups is 2. The average Bonchev–Trinajstić information content (AvgIpc) is 2.51. The van der Waals surface area contributed by atoms with Crippen molar-refractivity contribution in [1.82, 2.24) is 10.2 Å². The molecule has 0 aliphatic carbocycles. The van der Waals surface area contributed by atoms with Crippen molar-refractivity contribution in [2.75, 3.05) is 33.3 Å². The highest BCUT2D eigenvalue weighted by atomic mass is 16.5. The summed E-state index contributed by atoms with van der Waals surface area (Å²) in [6, 6.07) is 9.50. The van der Waals surface area contributed by atoms with Crippen molar-refractivity contribution >= 4 is 11.9 Å². The molecule has 0 aliphatic rings. The third-order valence-corrected chi connectivity index (χ3v) is 3.32. The molecule has 21 heavy (non-hydrogen) atoms. The maximum absolute atomic E-state index is 12.0. The molecule has 0 aliphatic heterocycles. The molecule has 116 valence electrons. The van der Waals surface area contributed by atoms with Gasteiger partial charge in [0.05, 0.1) is 19.6 Å². The molecule has 0 saturated carbocycles. The van der Waals surface area contributed by atoms with Crippen molar-refractivity contribution < 1.29 is 14.3 Å². The molecule has 1 N–H and O–H groups in total. The molecule has 1 unspecified atom stereocenters. The Morgan fingerprint density at radius 2 is 1.90 bits per heavy atom. The quantitative estimate of drug-likeness (QED) is 0.736. The molecule has 0 spiro atoms. The van der Waals surface area contributed by atoms with E-state index in [1.54, 1.807) is 0 Å². The molecular formula is C16H24N2O3. The maximum Gasteiger partial charge on any atom is 0.314 e. The highest BCUT2D eigenvalue weighted by Gasteiger charge is 2.24. The predicted molar refractivity (Wildman–Crippen MR) is 82.0 cm³/mol.